The highest BCUT2D eigenvalue weighted by atomic mass is 35.5. The molecule has 1 aromatic heterocycles. The minimum Gasteiger partial charge on any atom is -0.456 e. The summed E-state index contributed by atoms with van der Waals surface area (Å²) in [5, 5.41) is 0.553. The predicted molar refractivity (Wildman–Crippen MR) is 121 cm³/mol. The van der Waals surface area contributed by atoms with Gasteiger partial charge in [0.05, 0.1) is 17.8 Å². The SMILES string of the molecule is CC(C)(C)OC(=O)c1cccc(N(Cc2ccc(Cl)cc2)S(=O)(=O)c2cccnc2)c1. The molecule has 1 heterocycles. The van der Waals surface area contributed by atoms with E-state index in [0.29, 0.717) is 10.7 Å². The second-order valence-electron chi connectivity index (χ2n) is 7.88. The Kier molecular flexibility index (Phi) is 6.67. The van der Waals surface area contributed by atoms with E-state index in [1.807, 2.05) is 0 Å². The summed E-state index contributed by atoms with van der Waals surface area (Å²) in [5.41, 5.74) is 0.661. The van der Waals surface area contributed by atoms with Crippen LogP contribution in [0.3, 0.4) is 0 Å². The number of halogens is 1. The van der Waals surface area contributed by atoms with Crippen molar-refractivity contribution in [3.05, 3.63) is 89.2 Å². The van der Waals surface area contributed by atoms with Crippen LogP contribution in [0, 0.1) is 0 Å². The lowest BCUT2D eigenvalue weighted by Gasteiger charge is -2.25. The van der Waals surface area contributed by atoms with Gasteiger partial charge in [-0.3, -0.25) is 9.29 Å². The monoisotopic (exact) mass is 458 g/mol. The third-order valence-electron chi connectivity index (χ3n) is 4.23. The van der Waals surface area contributed by atoms with E-state index in [4.69, 9.17) is 16.3 Å². The molecular formula is C23H23ClN2O4S. The van der Waals surface area contributed by atoms with Gasteiger partial charge < -0.3 is 4.74 Å². The number of esters is 1. The molecule has 0 aliphatic carbocycles. The molecule has 0 atom stereocenters. The number of hydrogen-bond donors (Lipinski definition) is 0. The van der Waals surface area contributed by atoms with Crippen LogP contribution in [0.1, 0.15) is 36.7 Å². The first-order valence-corrected chi connectivity index (χ1v) is 11.4. The van der Waals surface area contributed by atoms with Crippen LogP contribution in [-0.2, 0) is 21.3 Å². The van der Waals surface area contributed by atoms with Gasteiger partial charge in [0, 0.05) is 17.4 Å². The van der Waals surface area contributed by atoms with Crippen LogP contribution < -0.4 is 4.31 Å². The van der Waals surface area contributed by atoms with Gasteiger partial charge in [-0.15, -0.1) is 0 Å². The van der Waals surface area contributed by atoms with Crippen LogP contribution in [0.15, 0.2) is 78.0 Å². The molecule has 6 nitrogen and oxygen atoms in total. The van der Waals surface area contributed by atoms with Crippen molar-refractivity contribution in [2.45, 2.75) is 37.8 Å². The Morgan fingerprint density at radius 2 is 1.77 bits per heavy atom. The van der Waals surface area contributed by atoms with Crippen molar-refractivity contribution in [1.29, 1.82) is 0 Å². The lowest BCUT2D eigenvalue weighted by Crippen LogP contribution is -2.31. The summed E-state index contributed by atoms with van der Waals surface area (Å²) >= 11 is 5.97. The van der Waals surface area contributed by atoms with Crippen LogP contribution in [0.2, 0.25) is 5.02 Å². The Morgan fingerprint density at radius 3 is 2.39 bits per heavy atom. The molecule has 0 aliphatic rings. The molecule has 0 bridgehead atoms. The van der Waals surface area contributed by atoms with Crippen LogP contribution >= 0.6 is 11.6 Å². The fraction of sp³-hybridized carbons (Fsp3) is 0.217. The second kappa shape index (κ2) is 9.08. The number of benzene rings is 2. The van der Waals surface area contributed by atoms with Crippen molar-refractivity contribution in [1.82, 2.24) is 4.98 Å². The topological polar surface area (TPSA) is 76.6 Å². The molecule has 0 spiro atoms. The molecule has 8 heteroatoms. The second-order valence-corrected chi connectivity index (χ2v) is 10.2. The Labute approximate surface area is 187 Å². The average Bonchev–Trinajstić information content (AvgIpc) is 2.72. The van der Waals surface area contributed by atoms with E-state index in [1.54, 1.807) is 69.3 Å². The summed E-state index contributed by atoms with van der Waals surface area (Å²) < 4.78 is 33.6. The van der Waals surface area contributed by atoms with E-state index in [1.165, 1.54) is 28.8 Å². The lowest BCUT2D eigenvalue weighted by atomic mass is 10.1. The Hall–Kier alpha value is -2.90. The first-order chi connectivity index (χ1) is 14.6. The van der Waals surface area contributed by atoms with Crippen LogP contribution in [0.25, 0.3) is 0 Å². The maximum absolute atomic E-state index is 13.5. The predicted octanol–water partition coefficient (Wildman–Crippen LogP) is 5.09. The maximum atomic E-state index is 13.5. The summed E-state index contributed by atoms with van der Waals surface area (Å²) in [6.45, 7) is 5.36. The summed E-state index contributed by atoms with van der Waals surface area (Å²) in [6.07, 6.45) is 2.80. The number of carbonyl (C=O) groups excluding carboxylic acids is 1. The number of anilines is 1. The number of ether oxygens (including phenoxy) is 1. The van der Waals surface area contributed by atoms with Gasteiger partial charge in [0.1, 0.15) is 10.5 Å². The molecule has 0 unspecified atom stereocenters. The van der Waals surface area contributed by atoms with Crippen molar-refractivity contribution in [3.63, 3.8) is 0 Å². The van der Waals surface area contributed by atoms with Crippen LogP contribution in [0.5, 0.6) is 0 Å². The van der Waals surface area contributed by atoms with Crippen molar-refractivity contribution in [3.8, 4) is 0 Å². The van der Waals surface area contributed by atoms with Crippen LogP contribution in [-0.4, -0.2) is 25.0 Å². The molecular weight excluding hydrogens is 436 g/mol. The van der Waals surface area contributed by atoms with Gasteiger partial charge in [-0.2, -0.15) is 0 Å². The number of rotatable bonds is 6. The third-order valence-corrected chi connectivity index (χ3v) is 6.24. The molecule has 0 N–H and O–H groups in total. The zero-order chi connectivity index (χ0) is 22.6. The number of carbonyl (C=O) groups is 1. The fourth-order valence-electron chi connectivity index (χ4n) is 2.82. The fourth-order valence-corrected chi connectivity index (χ4v) is 4.36. The molecule has 0 aliphatic heterocycles. The molecule has 162 valence electrons. The van der Waals surface area contributed by atoms with E-state index in [9.17, 15) is 13.2 Å². The van der Waals surface area contributed by atoms with Gasteiger partial charge >= 0.3 is 5.97 Å². The summed E-state index contributed by atoms with van der Waals surface area (Å²) in [7, 11) is -3.95. The van der Waals surface area contributed by atoms with Gasteiger partial charge in [-0.25, -0.2) is 13.2 Å². The molecule has 0 saturated carbocycles. The highest BCUT2D eigenvalue weighted by molar-refractivity contribution is 7.92. The molecule has 0 amide bonds. The molecule has 2 aromatic carbocycles. The smallest absolute Gasteiger partial charge is 0.338 e. The van der Waals surface area contributed by atoms with Gasteiger partial charge in [0.2, 0.25) is 0 Å². The van der Waals surface area contributed by atoms with Gasteiger partial charge in [0.15, 0.2) is 0 Å². The van der Waals surface area contributed by atoms with Gasteiger partial charge in [-0.1, -0.05) is 29.8 Å². The number of hydrogen-bond acceptors (Lipinski definition) is 5. The van der Waals surface area contributed by atoms with Crippen molar-refractivity contribution in [2.24, 2.45) is 0 Å². The van der Waals surface area contributed by atoms with E-state index in [2.05, 4.69) is 4.98 Å². The first-order valence-electron chi connectivity index (χ1n) is 9.57. The normalized spacial score (nSPS) is 11.7. The van der Waals surface area contributed by atoms with Gasteiger partial charge in [0.25, 0.3) is 10.0 Å². The standard InChI is InChI=1S/C23H23ClN2O4S/c1-23(2,3)30-22(27)18-6-4-7-20(14-18)26(16-17-9-11-19(24)12-10-17)31(28,29)21-8-5-13-25-15-21/h4-15H,16H2,1-3H3. The maximum Gasteiger partial charge on any atom is 0.338 e. The minimum absolute atomic E-state index is 0.0478. The van der Waals surface area contributed by atoms with E-state index < -0.39 is 21.6 Å². The Bertz CT molecular complexity index is 1160. The number of pyridine rings is 1. The zero-order valence-electron chi connectivity index (χ0n) is 17.4. The Morgan fingerprint density at radius 1 is 1.06 bits per heavy atom. The molecule has 0 radical (unpaired) electrons. The third kappa shape index (κ3) is 5.83. The lowest BCUT2D eigenvalue weighted by molar-refractivity contribution is 0.00695. The summed E-state index contributed by atoms with van der Waals surface area (Å²) in [4.78, 5) is 16.5. The summed E-state index contributed by atoms with van der Waals surface area (Å²) in [5.74, 6) is -0.528. The molecule has 0 fully saturated rings. The largest absolute Gasteiger partial charge is 0.456 e. The van der Waals surface area contributed by atoms with Crippen LogP contribution in [0.4, 0.5) is 5.69 Å². The van der Waals surface area contributed by atoms with Crippen molar-refractivity contribution in [2.75, 3.05) is 4.31 Å². The number of aromatic nitrogens is 1. The molecule has 31 heavy (non-hydrogen) atoms. The quantitative estimate of drug-likeness (QED) is 0.481. The molecule has 3 aromatic rings. The van der Waals surface area contributed by atoms with Crippen molar-refractivity contribution >= 4 is 33.3 Å². The molecule has 3 rings (SSSR count). The molecule has 0 saturated heterocycles. The first kappa shape index (κ1) is 22.8. The summed E-state index contributed by atoms with van der Waals surface area (Å²) in [6, 6.07) is 16.3. The Balaban J connectivity index is 2.05. The van der Waals surface area contributed by atoms with E-state index >= 15 is 0 Å². The average molecular weight is 459 g/mol. The highest BCUT2D eigenvalue weighted by Gasteiger charge is 2.27. The number of nitrogens with zero attached hydrogens (tertiary/aromatic N) is 2. The van der Waals surface area contributed by atoms with E-state index in [0.717, 1.165) is 5.56 Å². The highest BCUT2D eigenvalue weighted by Crippen LogP contribution is 2.27. The minimum atomic E-state index is -3.95. The number of sulfonamides is 1. The van der Waals surface area contributed by atoms with Crippen molar-refractivity contribution < 1.29 is 17.9 Å². The van der Waals surface area contributed by atoms with Gasteiger partial charge in [-0.05, 0) is 68.8 Å². The zero-order valence-corrected chi connectivity index (χ0v) is 19.0. The van der Waals surface area contributed by atoms with E-state index in [-0.39, 0.29) is 17.0 Å².